The summed E-state index contributed by atoms with van der Waals surface area (Å²) in [5, 5.41) is 0.312. The Labute approximate surface area is 145 Å². The second-order valence-corrected chi connectivity index (χ2v) is 5.47. The molecule has 132 valence electrons. The van der Waals surface area contributed by atoms with Gasteiger partial charge in [0.15, 0.2) is 5.65 Å². The van der Waals surface area contributed by atoms with Crippen LogP contribution in [0.25, 0.3) is 11.2 Å². The van der Waals surface area contributed by atoms with Gasteiger partial charge in [-0.05, 0) is 36.8 Å². The lowest BCUT2D eigenvalue weighted by molar-refractivity contribution is -0.274. The number of nitrogens with one attached hydrogen (secondary N) is 1. The summed E-state index contributed by atoms with van der Waals surface area (Å²) in [6.45, 7) is 2.20. The maximum atomic E-state index is 12.3. The predicted molar refractivity (Wildman–Crippen MR) is 85.5 cm³/mol. The number of pyridine rings is 1. The summed E-state index contributed by atoms with van der Waals surface area (Å²) < 4.78 is 46.3. The van der Waals surface area contributed by atoms with E-state index in [0.29, 0.717) is 34.3 Å². The lowest BCUT2D eigenvalue weighted by Crippen LogP contribution is -2.17. The highest BCUT2D eigenvalue weighted by atomic mass is 35.5. The fourth-order valence-corrected chi connectivity index (χ4v) is 2.50. The Hall–Kier alpha value is -2.32. The molecule has 0 saturated carbocycles. The maximum absolute atomic E-state index is 12.3. The number of H-pyrrole nitrogens is 1. The largest absolute Gasteiger partial charge is 0.573 e. The van der Waals surface area contributed by atoms with Crippen LogP contribution >= 0.6 is 11.6 Å². The van der Waals surface area contributed by atoms with Crippen molar-refractivity contribution in [1.29, 1.82) is 0 Å². The van der Waals surface area contributed by atoms with Crippen molar-refractivity contribution in [2.45, 2.75) is 19.4 Å². The number of fused-ring (bicyclic) bond motifs is 1. The first-order chi connectivity index (χ1) is 11.9. The van der Waals surface area contributed by atoms with E-state index >= 15 is 0 Å². The maximum Gasteiger partial charge on any atom is 0.573 e. The van der Waals surface area contributed by atoms with Gasteiger partial charge in [-0.3, -0.25) is 0 Å². The number of imidazole rings is 1. The van der Waals surface area contributed by atoms with Gasteiger partial charge in [0.05, 0.1) is 5.52 Å². The van der Waals surface area contributed by atoms with E-state index in [1.807, 2.05) is 6.92 Å². The van der Waals surface area contributed by atoms with Crippen molar-refractivity contribution >= 4 is 22.8 Å². The monoisotopic (exact) mass is 371 g/mol. The number of alkyl halides is 3. The van der Waals surface area contributed by atoms with Crippen LogP contribution in [-0.2, 0) is 4.74 Å². The number of nitrogens with zero attached hydrogens (tertiary/aromatic N) is 2. The van der Waals surface area contributed by atoms with Crippen molar-refractivity contribution < 1.29 is 22.6 Å². The van der Waals surface area contributed by atoms with Crippen LogP contribution in [0.1, 0.15) is 24.4 Å². The Kier molecular flexibility index (Phi) is 4.82. The molecule has 0 spiro atoms. The van der Waals surface area contributed by atoms with Crippen LogP contribution in [0, 0.1) is 0 Å². The smallest absolute Gasteiger partial charge is 0.406 e. The Balaban J connectivity index is 1.91. The van der Waals surface area contributed by atoms with E-state index in [-0.39, 0.29) is 5.75 Å². The van der Waals surface area contributed by atoms with Crippen molar-refractivity contribution in [2.24, 2.45) is 0 Å². The summed E-state index contributed by atoms with van der Waals surface area (Å²) >= 11 is 5.85. The second-order valence-electron chi connectivity index (χ2n) is 5.08. The molecule has 0 aliphatic heterocycles. The summed E-state index contributed by atoms with van der Waals surface area (Å²) in [5.41, 5.74) is 1.74. The minimum absolute atomic E-state index is 0.301. The highest BCUT2D eigenvalue weighted by Gasteiger charge is 2.31. The first-order valence-electron chi connectivity index (χ1n) is 7.35. The molecule has 5 nitrogen and oxygen atoms in total. The zero-order chi connectivity index (χ0) is 18.0. The minimum atomic E-state index is -4.73. The van der Waals surface area contributed by atoms with Crippen LogP contribution in [0.2, 0.25) is 5.15 Å². The molecule has 0 fully saturated rings. The summed E-state index contributed by atoms with van der Waals surface area (Å²) in [6, 6.07) is 8.82. The van der Waals surface area contributed by atoms with Crippen LogP contribution < -0.4 is 4.74 Å². The third-order valence-electron chi connectivity index (χ3n) is 3.33. The lowest BCUT2D eigenvalue weighted by atomic mass is 10.1. The number of rotatable bonds is 5. The molecule has 1 aromatic carbocycles. The molecule has 0 saturated heterocycles. The summed E-state index contributed by atoms with van der Waals surface area (Å²) in [4.78, 5) is 11.6. The van der Waals surface area contributed by atoms with Gasteiger partial charge >= 0.3 is 6.36 Å². The van der Waals surface area contributed by atoms with E-state index in [2.05, 4.69) is 19.7 Å². The average Bonchev–Trinajstić information content (AvgIpc) is 2.94. The number of hydrogen-bond acceptors (Lipinski definition) is 4. The average molecular weight is 372 g/mol. The molecule has 3 rings (SSSR count). The van der Waals surface area contributed by atoms with Crippen molar-refractivity contribution in [1.82, 2.24) is 15.0 Å². The third-order valence-corrected chi connectivity index (χ3v) is 3.54. The molecule has 3 aromatic rings. The summed E-state index contributed by atoms with van der Waals surface area (Å²) in [5.74, 6) is 0.181. The number of benzene rings is 1. The normalized spacial score (nSPS) is 13.2. The Morgan fingerprint density at radius 3 is 2.48 bits per heavy atom. The summed E-state index contributed by atoms with van der Waals surface area (Å²) in [7, 11) is 0. The van der Waals surface area contributed by atoms with E-state index < -0.39 is 12.5 Å². The van der Waals surface area contributed by atoms with Gasteiger partial charge in [-0.25, -0.2) is 9.97 Å². The highest BCUT2D eigenvalue weighted by molar-refractivity contribution is 6.29. The molecule has 0 aliphatic rings. The summed E-state index contributed by atoms with van der Waals surface area (Å²) in [6.07, 6.45) is -5.32. The molecule has 0 radical (unpaired) electrons. The predicted octanol–water partition coefficient (Wildman–Crippen LogP) is 4.64. The van der Waals surface area contributed by atoms with Crippen molar-refractivity contribution in [3.8, 4) is 5.75 Å². The zero-order valence-corrected chi connectivity index (χ0v) is 13.7. The molecule has 1 N–H and O–H groups in total. The molecule has 0 amide bonds. The quantitative estimate of drug-likeness (QED) is 0.664. The van der Waals surface area contributed by atoms with Crippen LogP contribution in [-0.4, -0.2) is 27.9 Å². The van der Waals surface area contributed by atoms with Gasteiger partial charge in [-0.1, -0.05) is 23.7 Å². The first-order valence-corrected chi connectivity index (χ1v) is 7.73. The molecule has 2 heterocycles. The number of halogens is 4. The van der Waals surface area contributed by atoms with Crippen molar-refractivity contribution in [3.05, 3.63) is 52.9 Å². The van der Waals surface area contributed by atoms with Crippen LogP contribution in [0.3, 0.4) is 0 Å². The number of ether oxygens (including phenoxy) is 2. The van der Waals surface area contributed by atoms with Gasteiger partial charge < -0.3 is 14.5 Å². The number of aromatic amines is 1. The van der Waals surface area contributed by atoms with Crippen molar-refractivity contribution in [3.63, 3.8) is 0 Å². The van der Waals surface area contributed by atoms with E-state index in [1.54, 1.807) is 12.1 Å². The van der Waals surface area contributed by atoms with E-state index in [9.17, 15) is 13.2 Å². The lowest BCUT2D eigenvalue weighted by Gasteiger charge is -2.16. The Bertz CT molecular complexity index is 865. The van der Waals surface area contributed by atoms with E-state index in [1.165, 1.54) is 24.3 Å². The van der Waals surface area contributed by atoms with Gasteiger partial charge in [-0.15, -0.1) is 13.2 Å². The van der Waals surface area contributed by atoms with Gasteiger partial charge in [0, 0.05) is 6.61 Å². The molecule has 0 bridgehead atoms. The molecule has 1 atom stereocenters. The van der Waals surface area contributed by atoms with Crippen LogP contribution in [0.5, 0.6) is 5.75 Å². The molecule has 0 aliphatic carbocycles. The van der Waals surface area contributed by atoms with Gasteiger partial charge in [0.25, 0.3) is 0 Å². The van der Waals surface area contributed by atoms with Crippen LogP contribution in [0.15, 0.2) is 36.4 Å². The van der Waals surface area contributed by atoms with Gasteiger partial charge in [0.2, 0.25) is 0 Å². The van der Waals surface area contributed by atoms with Crippen molar-refractivity contribution in [2.75, 3.05) is 6.61 Å². The van der Waals surface area contributed by atoms with Gasteiger partial charge in [-0.2, -0.15) is 0 Å². The number of aromatic nitrogens is 3. The third kappa shape index (κ3) is 4.21. The molecule has 1 unspecified atom stereocenters. The SMILES string of the molecule is CCOC(c1ccc(OC(F)(F)F)cc1)c1nc2nc(Cl)ccc2[nH]1. The Morgan fingerprint density at radius 1 is 1.12 bits per heavy atom. The molecular weight excluding hydrogens is 359 g/mol. The zero-order valence-electron chi connectivity index (χ0n) is 13.0. The number of hydrogen-bond donors (Lipinski definition) is 1. The molecule has 9 heteroatoms. The topological polar surface area (TPSA) is 60.0 Å². The molecule has 25 heavy (non-hydrogen) atoms. The fraction of sp³-hybridized carbons (Fsp3) is 0.250. The van der Waals surface area contributed by atoms with Crippen LogP contribution in [0.4, 0.5) is 13.2 Å². The van der Waals surface area contributed by atoms with E-state index in [0.717, 1.165) is 0 Å². The fourth-order valence-electron chi connectivity index (χ4n) is 2.36. The Morgan fingerprint density at radius 2 is 1.84 bits per heavy atom. The highest BCUT2D eigenvalue weighted by Crippen LogP contribution is 2.29. The minimum Gasteiger partial charge on any atom is -0.406 e. The second kappa shape index (κ2) is 6.89. The molecular formula is C16H13ClF3N3O2. The molecule has 2 aromatic heterocycles. The van der Waals surface area contributed by atoms with Gasteiger partial charge in [0.1, 0.15) is 22.8 Å². The first kappa shape index (κ1) is 17.5. The standard InChI is InChI=1S/C16H13ClF3N3O2/c1-2-24-13(9-3-5-10(6-4-9)25-16(18,19)20)15-21-11-7-8-12(17)22-14(11)23-15/h3-8,13H,2H2,1H3,(H,21,22,23). The van der Waals surface area contributed by atoms with E-state index in [4.69, 9.17) is 16.3 Å².